The molecule has 2 saturated carbocycles. The van der Waals surface area contributed by atoms with Crippen LogP contribution in [0.3, 0.4) is 0 Å². The van der Waals surface area contributed by atoms with Crippen LogP contribution in [0.1, 0.15) is 33.1 Å². The van der Waals surface area contributed by atoms with Crippen LogP contribution in [0, 0.1) is 17.3 Å². The highest BCUT2D eigenvalue weighted by molar-refractivity contribution is 5.02. The van der Waals surface area contributed by atoms with Crippen molar-refractivity contribution in [3.8, 4) is 0 Å². The molecule has 2 rings (SSSR count). The summed E-state index contributed by atoms with van der Waals surface area (Å²) in [5.41, 5.74) is 0.282. The molecule has 2 aliphatic carbocycles. The maximum atomic E-state index is 9.65. The zero-order valence-corrected chi connectivity index (χ0v) is 6.80. The number of hydrogen-bond donors (Lipinski definition) is 1. The molecule has 2 aliphatic rings. The van der Waals surface area contributed by atoms with Crippen LogP contribution in [0.25, 0.3) is 0 Å². The topological polar surface area (TPSA) is 20.2 Å². The maximum absolute atomic E-state index is 9.65. The molecule has 4 unspecified atom stereocenters. The Kier molecular flexibility index (Phi) is 1.17. The molecule has 0 amide bonds. The lowest BCUT2D eigenvalue weighted by Gasteiger charge is -2.33. The zero-order valence-electron chi connectivity index (χ0n) is 6.80. The van der Waals surface area contributed by atoms with E-state index in [0.29, 0.717) is 0 Å². The van der Waals surface area contributed by atoms with Crippen molar-refractivity contribution in [3.05, 3.63) is 0 Å². The highest BCUT2D eigenvalue weighted by Gasteiger charge is 2.52. The summed E-state index contributed by atoms with van der Waals surface area (Å²) in [6, 6.07) is 0. The van der Waals surface area contributed by atoms with Crippen molar-refractivity contribution >= 4 is 0 Å². The van der Waals surface area contributed by atoms with Gasteiger partial charge in [0, 0.05) is 0 Å². The van der Waals surface area contributed by atoms with E-state index in [1.54, 1.807) is 0 Å². The lowest BCUT2D eigenvalue weighted by atomic mass is 9.76. The molecule has 0 aromatic heterocycles. The summed E-state index contributed by atoms with van der Waals surface area (Å²) in [6.07, 6.45) is 3.70. The van der Waals surface area contributed by atoms with E-state index in [1.165, 1.54) is 12.8 Å². The molecule has 0 heterocycles. The molecule has 0 aromatic carbocycles. The van der Waals surface area contributed by atoms with Gasteiger partial charge in [0.2, 0.25) is 0 Å². The highest BCUT2D eigenvalue weighted by atomic mass is 16.3. The minimum Gasteiger partial charge on any atom is -0.393 e. The zero-order chi connectivity index (χ0) is 7.35. The fourth-order valence-corrected chi connectivity index (χ4v) is 2.90. The first-order valence-corrected chi connectivity index (χ1v) is 4.31. The molecular weight excluding hydrogens is 124 g/mol. The van der Waals surface area contributed by atoms with E-state index in [2.05, 4.69) is 13.8 Å². The summed E-state index contributed by atoms with van der Waals surface area (Å²) in [6.45, 7) is 4.53. The first kappa shape index (κ1) is 6.66. The van der Waals surface area contributed by atoms with Gasteiger partial charge in [-0.25, -0.2) is 0 Å². The number of aliphatic hydroxyl groups is 1. The molecule has 0 aliphatic heterocycles. The number of aliphatic hydroxyl groups excluding tert-OH is 1. The van der Waals surface area contributed by atoms with E-state index in [4.69, 9.17) is 0 Å². The largest absolute Gasteiger partial charge is 0.393 e. The van der Waals surface area contributed by atoms with Crippen molar-refractivity contribution in [2.75, 3.05) is 0 Å². The molecule has 1 nitrogen and oxygen atoms in total. The van der Waals surface area contributed by atoms with Crippen molar-refractivity contribution in [2.45, 2.75) is 39.2 Å². The highest BCUT2D eigenvalue weighted by Crippen LogP contribution is 2.56. The van der Waals surface area contributed by atoms with Crippen LogP contribution in [0.5, 0.6) is 0 Å². The fourth-order valence-electron chi connectivity index (χ4n) is 2.90. The van der Waals surface area contributed by atoms with Crippen LogP contribution in [0.15, 0.2) is 0 Å². The second-order valence-electron chi connectivity index (χ2n) is 4.46. The summed E-state index contributed by atoms with van der Waals surface area (Å²) in [4.78, 5) is 0. The van der Waals surface area contributed by atoms with Crippen LogP contribution < -0.4 is 0 Å². The van der Waals surface area contributed by atoms with Gasteiger partial charge >= 0.3 is 0 Å². The molecule has 10 heavy (non-hydrogen) atoms. The quantitative estimate of drug-likeness (QED) is 0.544. The first-order chi connectivity index (χ1) is 4.63. The lowest BCUT2D eigenvalue weighted by molar-refractivity contribution is 0.0194. The standard InChI is InChI=1S/C9H16O/c1-6-3-7-4-8(10)9(6,2)5-7/h6-8,10H,3-5H2,1-2H3. The molecule has 0 aromatic rings. The molecule has 0 saturated heterocycles. The summed E-state index contributed by atoms with van der Waals surface area (Å²) in [5.74, 6) is 1.59. The van der Waals surface area contributed by atoms with Gasteiger partial charge < -0.3 is 5.11 Å². The summed E-state index contributed by atoms with van der Waals surface area (Å²) in [5, 5.41) is 9.65. The Hall–Kier alpha value is -0.0400. The molecule has 0 spiro atoms. The van der Waals surface area contributed by atoms with E-state index >= 15 is 0 Å². The van der Waals surface area contributed by atoms with Crippen LogP contribution in [-0.2, 0) is 0 Å². The van der Waals surface area contributed by atoms with Gasteiger partial charge in [0.05, 0.1) is 6.10 Å². The first-order valence-electron chi connectivity index (χ1n) is 4.31. The molecule has 2 fully saturated rings. The average Bonchev–Trinajstić information content (AvgIpc) is 2.20. The van der Waals surface area contributed by atoms with Crippen LogP contribution >= 0.6 is 0 Å². The second kappa shape index (κ2) is 1.76. The Labute approximate surface area is 62.4 Å². The Morgan fingerprint density at radius 3 is 2.40 bits per heavy atom. The van der Waals surface area contributed by atoms with Crippen LogP contribution in [-0.4, -0.2) is 11.2 Å². The monoisotopic (exact) mass is 140 g/mol. The predicted molar refractivity (Wildman–Crippen MR) is 40.6 cm³/mol. The Morgan fingerprint density at radius 1 is 1.40 bits per heavy atom. The third-order valence-electron chi connectivity index (χ3n) is 3.86. The van der Waals surface area contributed by atoms with E-state index in [-0.39, 0.29) is 11.5 Å². The van der Waals surface area contributed by atoms with E-state index in [9.17, 15) is 5.11 Å². The maximum Gasteiger partial charge on any atom is 0.0599 e. The van der Waals surface area contributed by atoms with Gasteiger partial charge in [-0.05, 0) is 36.5 Å². The third-order valence-corrected chi connectivity index (χ3v) is 3.86. The molecule has 2 bridgehead atoms. The Morgan fingerprint density at radius 2 is 2.10 bits per heavy atom. The van der Waals surface area contributed by atoms with Crippen LogP contribution in [0.4, 0.5) is 0 Å². The SMILES string of the molecule is CC1CC2CC(O)C1(C)C2. The normalized spacial score (nSPS) is 59.7. The number of fused-ring (bicyclic) bond motifs is 2. The second-order valence-corrected chi connectivity index (χ2v) is 4.46. The van der Waals surface area contributed by atoms with Gasteiger partial charge in [-0.2, -0.15) is 0 Å². The van der Waals surface area contributed by atoms with Crippen molar-refractivity contribution in [1.29, 1.82) is 0 Å². The van der Waals surface area contributed by atoms with Crippen molar-refractivity contribution in [1.82, 2.24) is 0 Å². The van der Waals surface area contributed by atoms with E-state index in [0.717, 1.165) is 18.3 Å². The van der Waals surface area contributed by atoms with E-state index in [1.807, 2.05) is 0 Å². The molecule has 1 heteroatoms. The van der Waals surface area contributed by atoms with Crippen molar-refractivity contribution in [2.24, 2.45) is 17.3 Å². The summed E-state index contributed by atoms with van der Waals surface area (Å²) >= 11 is 0. The van der Waals surface area contributed by atoms with Gasteiger partial charge in [0.15, 0.2) is 0 Å². The number of rotatable bonds is 0. The Bertz CT molecular complexity index is 141. The third kappa shape index (κ3) is 0.619. The van der Waals surface area contributed by atoms with E-state index < -0.39 is 0 Å². The lowest BCUT2D eigenvalue weighted by Crippen LogP contribution is -2.33. The van der Waals surface area contributed by atoms with Crippen LogP contribution in [0.2, 0.25) is 0 Å². The van der Waals surface area contributed by atoms with Gasteiger partial charge in [-0.1, -0.05) is 13.8 Å². The van der Waals surface area contributed by atoms with Gasteiger partial charge in [-0.15, -0.1) is 0 Å². The minimum absolute atomic E-state index is 0.00116. The molecule has 1 N–H and O–H groups in total. The predicted octanol–water partition coefficient (Wildman–Crippen LogP) is 1.80. The summed E-state index contributed by atoms with van der Waals surface area (Å²) in [7, 11) is 0. The molecule has 0 radical (unpaired) electrons. The van der Waals surface area contributed by atoms with Gasteiger partial charge in [0.25, 0.3) is 0 Å². The molecule has 58 valence electrons. The summed E-state index contributed by atoms with van der Waals surface area (Å²) < 4.78 is 0. The minimum atomic E-state index is 0.00116. The molecule has 4 atom stereocenters. The van der Waals surface area contributed by atoms with Crippen molar-refractivity contribution < 1.29 is 5.11 Å². The number of hydrogen-bond acceptors (Lipinski definition) is 1. The average molecular weight is 140 g/mol. The smallest absolute Gasteiger partial charge is 0.0599 e. The van der Waals surface area contributed by atoms with Gasteiger partial charge in [0.1, 0.15) is 0 Å². The van der Waals surface area contributed by atoms with Crippen molar-refractivity contribution in [3.63, 3.8) is 0 Å². The molecular formula is C9H16O. The Balaban J connectivity index is 2.26. The fraction of sp³-hybridized carbons (Fsp3) is 1.00. The van der Waals surface area contributed by atoms with Gasteiger partial charge in [-0.3, -0.25) is 0 Å².